The van der Waals surface area contributed by atoms with Gasteiger partial charge in [0.25, 0.3) is 0 Å². The lowest BCUT2D eigenvalue weighted by molar-refractivity contribution is -0.138. The predicted octanol–water partition coefficient (Wildman–Crippen LogP) is 2.04. The number of halogens is 1. The third-order valence-electron chi connectivity index (χ3n) is 2.66. The highest BCUT2D eigenvalue weighted by atomic mass is 35.5. The monoisotopic (exact) mass is 257 g/mol. The molecule has 3 N–H and O–H groups in total. The largest absolute Gasteiger partial charge is 0.495 e. The third kappa shape index (κ3) is 2.90. The molecule has 0 amide bonds. The molecular formula is C12H16ClNO3. The molecule has 0 aromatic heterocycles. The van der Waals surface area contributed by atoms with E-state index in [1.807, 2.05) is 6.92 Å². The summed E-state index contributed by atoms with van der Waals surface area (Å²) >= 11 is 6.06. The molecule has 1 atom stereocenters. The van der Waals surface area contributed by atoms with Crippen molar-refractivity contribution in [2.75, 3.05) is 13.7 Å². The number of aliphatic carboxylic acids is 1. The Kier molecular flexibility index (Phi) is 4.78. The van der Waals surface area contributed by atoms with Crippen molar-refractivity contribution in [1.29, 1.82) is 0 Å². The van der Waals surface area contributed by atoms with Crippen LogP contribution in [0.4, 0.5) is 0 Å². The van der Waals surface area contributed by atoms with Gasteiger partial charge in [-0.3, -0.25) is 4.79 Å². The molecule has 4 nitrogen and oxygen atoms in total. The number of nitrogens with two attached hydrogens (primary N) is 1. The molecule has 94 valence electrons. The molecule has 1 rings (SSSR count). The van der Waals surface area contributed by atoms with Crippen LogP contribution in [-0.2, 0) is 11.2 Å². The van der Waals surface area contributed by atoms with Crippen molar-refractivity contribution in [3.8, 4) is 5.75 Å². The fourth-order valence-electron chi connectivity index (χ4n) is 1.75. The van der Waals surface area contributed by atoms with Crippen molar-refractivity contribution in [3.05, 3.63) is 28.3 Å². The number of methoxy groups -OCH3 is 1. The number of rotatable bonds is 5. The summed E-state index contributed by atoms with van der Waals surface area (Å²) < 4.78 is 5.19. The summed E-state index contributed by atoms with van der Waals surface area (Å²) in [7, 11) is 1.54. The van der Waals surface area contributed by atoms with Gasteiger partial charge in [0.2, 0.25) is 0 Å². The maximum atomic E-state index is 11.0. The van der Waals surface area contributed by atoms with Crippen LogP contribution in [0.25, 0.3) is 0 Å². The van der Waals surface area contributed by atoms with Crippen LogP contribution in [0, 0.1) is 0 Å². The van der Waals surface area contributed by atoms with Gasteiger partial charge in [-0.2, -0.15) is 0 Å². The standard InChI is InChI=1S/C12H16ClNO3/c1-3-7-4-8(9(6-14)12(15)16)5-10(13)11(7)17-2/h4-5,9H,3,6,14H2,1-2H3,(H,15,16). The number of benzene rings is 1. The Morgan fingerprint density at radius 1 is 1.59 bits per heavy atom. The molecule has 0 fully saturated rings. The Morgan fingerprint density at radius 3 is 2.65 bits per heavy atom. The second-order valence-corrected chi connectivity index (χ2v) is 4.08. The topological polar surface area (TPSA) is 72.6 Å². The number of carbonyl (C=O) groups is 1. The minimum Gasteiger partial charge on any atom is -0.495 e. The molecule has 0 aliphatic rings. The van der Waals surface area contributed by atoms with Crippen molar-refractivity contribution in [1.82, 2.24) is 0 Å². The van der Waals surface area contributed by atoms with Crippen molar-refractivity contribution in [3.63, 3.8) is 0 Å². The van der Waals surface area contributed by atoms with Crippen LogP contribution >= 0.6 is 11.6 Å². The molecule has 0 heterocycles. The highest BCUT2D eigenvalue weighted by molar-refractivity contribution is 6.32. The minimum absolute atomic E-state index is 0.0428. The maximum Gasteiger partial charge on any atom is 0.312 e. The van der Waals surface area contributed by atoms with Crippen molar-refractivity contribution >= 4 is 17.6 Å². The van der Waals surface area contributed by atoms with Gasteiger partial charge >= 0.3 is 5.97 Å². The fraction of sp³-hybridized carbons (Fsp3) is 0.417. The van der Waals surface area contributed by atoms with Gasteiger partial charge < -0.3 is 15.6 Å². The molecule has 0 spiro atoms. The summed E-state index contributed by atoms with van der Waals surface area (Å²) in [4.78, 5) is 11.0. The number of aryl methyl sites for hydroxylation is 1. The van der Waals surface area contributed by atoms with E-state index in [4.69, 9.17) is 27.2 Å². The Hall–Kier alpha value is -1.26. The highest BCUT2D eigenvalue weighted by Gasteiger charge is 2.20. The van der Waals surface area contributed by atoms with Gasteiger partial charge in [-0.15, -0.1) is 0 Å². The van der Waals surface area contributed by atoms with Gasteiger partial charge in [-0.1, -0.05) is 24.6 Å². The van der Waals surface area contributed by atoms with E-state index >= 15 is 0 Å². The number of hydrogen-bond donors (Lipinski definition) is 2. The van der Waals surface area contributed by atoms with E-state index in [0.717, 1.165) is 5.56 Å². The molecule has 1 aromatic rings. The molecule has 0 aliphatic carbocycles. The first-order valence-electron chi connectivity index (χ1n) is 5.34. The fourth-order valence-corrected chi connectivity index (χ4v) is 2.07. The number of hydrogen-bond acceptors (Lipinski definition) is 3. The van der Waals surface area contributed by atoms with Gasteiger partial charge in [0, 0.05) is 6.54 Å². The zero-order chi connectivity index (χ0) is 13.0. The first kappa shape index (κ1) is 13.8. The Bertz CT molecular complexity index is 420. The van der Waals surface area contributed by atoms with Gasteiger partial charge in [0.05, 0.1) is 18.1 Å². The number of ether oxygens (including phenoxy) is 1. The maximum absolute atomic E-state index is 11.0. The molecule has 1 unspecified atom stereocenters. The van der Waals surface area contributed by atoms with Crippen LogP contribution in [0.1, 0.15) is 24.0 Å². The van der Waals surface area contributed by atoms with Crippen LogP contribution < -0.4 is 10.5 Å². The first-order chi connectivity index (χ1) is 8.04. The van der Waals surface area contributed by atoms with Crippen LogP contribution in [0.2, 0.25) is 5.02 Å². The van der Waals surface area contributed by atoms with E-state index in [0.29, 0.717) is 22.8 Å². The molecule has 5 heteroatoms. The Balaban J connectivity index is 3.27. The van der Waals surface area contributed by atoms with E-state index in [1.54, 1.807) is 12.1 Å². The van der Waals surface area contributed by atoms with Crippen LogP contribution in [0.15, 0.2) is 12.1 Å². The molecule has 0 saturated carbocycles. The summed E-state index contributed by atoms with van der Waals surface area (Å²) in [6.45, 7) is 2.00. The third-order valence-corrected chi connectivity index (χ3v) is 2.94. The highest BCUT2D eigenvalue weighted by Crippen LogP contribution is 2.33. The van der Waals surface area contributed by atoms with E-state index in [1.165, 1.54) is 7.11 Å². The van der Waals surface area contributed by atoms with Gasteiger partial charge in [0.1, 0.15) is 5.75 Å². The normalized spacial score (nSPS) is 12.2. The van der Waals surface area contributed by atoms with Gasteiger partial charge in [-0.05, 0) is 23.6 Å². The summed E-state index contributed by atoms with van der Waals surface area (Å²) in [5.41, 5.74) is 6.96. The lowest BCUT2D eigenvalue weighted by Crippen LogP contribution is -2.21. The molecule has 0 radical (unpaired) electrons. The lowest BCUT2D eigenvalue weighted by Gasteiger charge is -2.15. The average Bonchev–Trinajstić information content (AvgIpc) is 2.28. The van der Waals surface area contributed by atoms with Crippen LogP contribution in [0.5, 0.6) is 5.75 Å². The summed E-state index contributed by atoms with van der Waals surface area (Å²) in [6, 6.07) is 3.39. The van der Waals surface area contributed by atoms with Crippen LogP contribution in [-0.4, -0.2) is 24.7 Å². The van der Waals surface area contributed by atoms with E-state index in [-0.39, 0.29) is 6.54 Å². The van der Waals surface area contributed by atoms with E-state index in [2.05, 4.69) is 0 Å². The SMILES string of the molecule is CCc1cc(C(CN)C(=O)O)cc(Cl)c1OC. The van der Waals surface area contributed by atoms with Gasteiger partial charge in [0.15, 0.2) is 0 Å². The molecule has 0 aliphatic heterocycles. The van der Waals surface area contributed by atoms with Crippen molar-refractivity contribution in [2.45, 2.75) is 19.3 Å². The average molecular weight is 258 g/mol. The molecule has 0 bridgehead atoms. The first-order valence-corrected chi connectivity index (χ1v) is 5.72. The zero-order valence-corrected chi connectivity index (χ0v) is 10.6. The Labute approximate surface area is 105 Å². The Morgan fingerprint density at radius 2 is 2.24 bits per heavy atom. The van der Waals surface area contributed by atoms with Crippen LogP contribution in [0.3, 0.4) is 0 Å². The summed E-state index contributed by atoms with van der Waals surface area (Å²) in [6.07, 6.45) is 0.716. The minimum atomic E-state index is -0.948. The van der Waals surface area contributed by atoms with E-state index < -0.39 is 11.9 Å². The second kappa shape index (κ2) is 5.89. The zero-order valence-electron chi connectivity index (χ0n) is 9.87. The molecule has 1 aromatic carbocycles. The van der Waals surface area contributed by atoms with Gasteiger partial charge in [-0.25, -0.2) is 0 Å². The van der Waals surface area contributed by atoms with E-state index in [9.17, 15) is 4.79 Å². The summed E-state index contributed by atoms with van der Waals surface area (Å²) in [5, 5.41) is 9.47. The smallest absolute Gasteiger partial charge is 0.312 e. The summed E-state index contributed by atoms with van der Waals surface area (Å²) in [5.74, 6) is -1.08. The molecule has 0 saturated heterocycles. The van der Waals surface area contributed by atoms with Crippen molar-refractivity contribution < 1.29 is 14.6 Å². The number of carboxylic acid groups (broad SMARTS) is 1. The van der Waals surface area contributed by atoms with Crippen molar-refractivity contribution in [2.24, 2.45) is 5.73 Å². The second-order valence-electron chi connectivity index (χ2n) is 3.68. The molecular weight excluding hydrogens is 242 g/mol. The predicted molar refractivity (Wildman–Crippen MR) is 66.8 cm³/mol. The molecule has 17 heavy (non-hydrogen) atoms. The quantitative estimate of drug-likeness (QED) is 0.847. The lowest BCUT2D eigenvalue weighted by atomic mass is 9.96. The number of carboxylic acids is 1.